The van der Waals surface area contributed by atoms with E-state index in [9.17, 15) is 9.59 Å². The smallest absolute Gasteiger partial charge is 0.305 e. The van der Waals surface area contributed by atoms with E-state index in [1.54, 1.807) is 0 Å². The zero-order chi connectivity index (χ0) is 23.2. The van der Waals surface area contributed by atoms with Crippen molar-refractivity contribution in [1.82, 2.24) is 0 Å². The van der Waals surface area contributed by atoms with Crippen molar-refractivity contribution in [2.75, 3.05) is 13.2 Å². The summed E-state index contributed by atoms with van der Waals surface area (Å²) in [6.45, 7) is 10.2. The van der Waals surface area contributed by atoms with Crippen molar-refractivity contribution in [1.29, 1.82) is 0 Å². The summed E-state index contributed by atoms with van der Waals surface area (Å²) in [7, 11) is 0. The fourth-order valence-corrected chi connectivity index (χ4v) is 3.60. The summed E-state index contributed by atoms with van der Waals surface area (Å²) >= 11 is 0. The molecule has 0 aliphatic rings. The normalized spacial score (nSPS) is 11.3. The predicted molar refractivity (Wildman–Crippen MR) is 130 cm³/mol. The van der Waals surface area contributed by atoms with Crippen LogP contribution >= 0.6 is 0 Å². The molecule has 184 valence electrons. The highest BCUT2D eigenvalue weighted by atomic mass is 16.5. The third-order valence-electron chi connectivity index (χ3n) is 5.64. The summed E-state index contributed by atoms with van der Waals surface area (Å²) in [4.78, 5) is 23.5. The lowest BCUT2D eigenvalue weighted by Crippen LogP contribution is -2.06. The number of esters is 2. The van der Waals surface area contributed by atoms with Gasteiger partial charge in [0, 0.05) is 12.8 Å². The summed E-state index contributed by atoms with van der Waals surface area (Å²) in [6, 6.07) is 0. The first-order chi connectivity index (χ1) is 14.9. The average molecular weight is 441 g/mol. The molecule has 0 radical (unpaired) electrons. The van der Waals surface area contributed by atoms with Crippen LogP contribution in [0.5, 0.6) is 0 Å². The van der Waals surface area contributed by atoms with Crippen LogP contribution in [0.3, 0.4) is 0 Å². The molecule has 0 spiro atoms. The number of carbonyl (C=O) groups excluding carboxylic acids is 2. The van der Waals surface area contributed by atoms with Gasteiger partial charge in [-0.25, -0.2) is 0 Å². The molecule has 0 aromatic rings. The van der Waals surface area contributed by atoms with E-state index in [1.807, 2.05) is 0 Å². The van der Waals surface area contributed by atoms with Crippen molar-refractivity contribution in [2.45, 2.75) is 137 Å². The lowest BCUT2D eigenvalue weighted by Gasteiger charge is -2.07. The molecule has 0 rings (SSSR count). The van der Waals surface area contributed by atoms with Gasteiger partial charge in [0.25, 0.3) is 0 Å². The van der Waals surface area contributed by atoms with Crippen LogP contribution in [0, 0.1) is 11.8 Å². The second-order valence-electron chi connectivity index (χ2n) is 9.90. The van der Waals surface area contributed by atoms with Gasteiger partial charge in [-0.15, -0.1) is 0 Å². The summed E-state index contributed by atoms with van der Waals surface area (Å²) < 4.78 is 10.6. The van der Waals surface area contributed by atoms with Crippen LogP contribution in [-0.4, -0.2) is 25.2 Å². The van der Waals surface area contributed by atoms with E-state index < -0.39 is 0 Å². The van der Waals surface area contributed by atoms with Crippen molar-refractivity contribution < 1.29 is 19.1 Å². The molecule has 0 bridgehead atoms. The van der Waals surface area contributed by atoms with Crippen molar-refractivity contribution in [3.8, 4) is 0 Å². The predicted octanol–water partition coefficient (Wildman–Crippen LogP) is 8.02. The van der Waals surface area contributed by atoms with Crippen LogP contribution in [0.1, 0.15) is 137 Å². The fourth-order valence-electron chi connectivity index (χ4n) is 3.60. The van der Waals surface area contributed by atoms with E-state index in [2.05, 4.69) is 27.7 Å². The average Bonchev–Trinajstić information content (AvgIpc) is 2.71. The SMILES string of the molecule is CC(C)CCCCCCOC(=O)CCCCCCCC(=O)OCCCCCCC(C)C. The minimum atomic E-state index is -0.0602. The Bertz CT molecular complexity index is 379. The number of hydrogen-bond acceptors (Lipinski definition) is 4. The van der Waals surface area contributed by atoms with Crippen molar-refractivity contribution in [3.05, 3.63) is 0 Å². The minimum Gasteiger partial charge on any atom is -0.466 e. The maximum atomic E-state index is 11.7. The summed E-state index contributed by atoms with van der Waals surface area (Å²) in [5.74, 6) is 1.45. The molecule has 0 amide bonds. The first kappa shape index (κ1) is 29.9. The van der Waals surface area contributed by atoms with Gasteiger partial charge in [0.1, 0.15) is 0 Å². The molecule has 4 heteroatoms. The molecular formula is C27H52O4. The highest BCUT2D eigenvalue weighted by Gasteiger charge is 2.05. The number of rotatable bonds is 22. The number of carbonyl (C=O) groups is 2. The van der Waals surface area contributed by atoms with Gasteiger partial charge in [0.05, 0.1) is 13.2 Å². The van der Waals surface area contributed by atoms with Crippen LogP contribution in [0.2, 0.25) is 0 Å². The Balaban J connectivity index is 3.30. The lowest BCUT2D eigenvalue weighted by molar-refractivity contribution is -0.144. The maximum Gasteiger partial charge on any atom is 0.305 e. The summed E-state index contributed by atoms with van der Waals surface area (Å²) in [5.41, 5.74) is 0. The second kappa shape index (κ2) is 22.1. The molecule has 4 nitrogen and oxygen atoms in total. The Morgan fingerprint density at radius 1 is 0.484 bits per heavy atom. The van der Waals surface area contributed by atoms with Crippen LogP contribution < -0.4 is 0 Å². The Kier molecular flexibility index (Phi) is 21.4. The molecule has 0 fully saturated rings. The third-order valence-corrected chi connectivity index (χ3v) is 5.64. The molecule has 0 aromatic carbocycles. The zero-order valence-corrected chi connectivity index (χ0v) is 21.2. The molecule has 0 saturated carbocycles. The molecule has 0 aliphatic heterocycles. The quantitative estimate of drug-likeness (QED) is 0.126. The molecule has 0 saturated heterocycles. The molecule has 0 aliphatic carbocycles. The van der Waals surface area contributed by atoms with E-state index in [-0.39, 0.29) is 11.9 Å². The Morgan fingerprint density at radius 3 is 1.19 bits per heavy atom. The topological polar surface area (TPSA) is 52.6 Å². The molecule has 0 unspecified atom stereocenters. The molecule has 0 N–H and O–H groups in total. The van der Waals surface area contributed by atoms with Crippen LogP contribution in [0.4, 0.5) is 0 Å². The maximum absolute atomic E-state index is 11.7. The van der Waals surface area contributed by atoms with Gasteiger partial charge >= 0.3 is 11.9 Å². The Labute approximate surface area is 193 Å². The van der Waals surface area contributed by atoms with Crippen LogP contribution in [0.15, 0.2) is 0 Å². The molecule has 31 heavy (non-hydrogen) atoms. The Hall–Kier alpha value is -1.06. The molecule has 0 aromatic heterocycles. The second-order valence-corrected chi connectivity index (χ2v) is 9.90. The summed E-state index contributed by atoms with van der Waals surface area (Å²) in [5, 5.41) is 0. The van der Waals surface area contributed by atoms with Gasteiger partial charge in [0.2, 0.25) is 0 Å². The number of hydrogen-bond donors (Lipinski definition) is 0. The Morgan fingerprint density at radius 2 is 0.806 bits per heavy atom. The monoisotopic (exact) mass is 440 g/mol. The van der Waals surface area contributed by atoms with E-state index in [4.69, 9.17) is 9.47 Å². The summed E-state index contributed by atoms with van der Waals surface area (Å²) in [6.07, 6.45) is 17.8. The van der Waals surface area contributed by atoms with Gasteiger partial charge in [-0.05, 0) is 37.5 Å². The standard InChI is InChI=1S/C27H52O4/c1-24(2)18-12-8-10-16-22-30-26(28)20-14-6-5-7-15-21-27(29)31-23-17-11-9-13-19-25(3)4/h24-25H,5-23H2,1-4H3. The van der Waals surface area contributed by atoms with Crippen molar-refractivity contribution in [2.24, 2.45) is 11.8 Å². The molecule has 0 heterocycles. The zero-order valence-electron chi connectivity index (χ0n) is 21.2. The first-order valence-corrected chi connectivity index (χ1v) is 13.2. The number of ether oxygens (including phenoxy) is 2. The molecule has 0 atom stereocenters. The van der Waals surface area contributed by atoms with Gasteiger partial charge in [-0.3, -0.25) is 9.59 Å². The molecular weight excluding hydrogens is 388 g/mol. The van der Waals surface area contributed by atoms with Gasteiger partial charge in [0.15, 0.2) is 0 Å². The van der Waals surface area contributed by atoms with Gasteiger partial charge in [-0.2, -0.15) is 0 Å². The van der Waals surface area contributed by atoms with E-state index in [0.29, 0.717) is 26.1 Å². The highest BCUT2D eigenvalue weighted by molar-refractivity contribution is 5.69. The highest BCUT2D eigenvalue weighted by Crippen LogP contribution is 2.12. The number of unbranched alkanes of at least 4 members (excludes halogenated alkanes) is 10. The van der Waals surface area contributed by atoms with Crippen molar-refractivity contribution in [3.63, 3.8) is 0 Å². The van der Waals surface area contributed by atoms with Gasteiger partial charge < -0.3 is 9.47 Å². The lowest BCUT2D eigenvalue weighted by atomic mass is 10.0. The van der Waals surface area contributed by atoms with Crippen LogP contribution in [0.25, 0.3) is 0 Å². The largest absolute Gasteiger partial charge is 0.466 e. The van der Waals surface area contributed by atoms with Crippen LogP contribution in [-0.2, 0) is 19.1 Å². The van der Waals surface area contributed by atoms with Gasteiger partial charge in [-0.1, -0.05) is 98.3 Å². The van der Waals surface area contributed by atoms with E-state index in [0.717, 1.165) is 69.6 Å². The van der Waals surface area contributed by atoms with E-state index >= 15 is 0 Å². The fraction of sp³-hybridized carbons (Fsp3) is 0.926. The minimum absolute atomic E-state index is 0.0602. The van der Waals surface area contributed by atoms with Crippen molar-refractivity contribution >= 4 is 11.9 Å². The van der Waals surface area contributed by atoms with E-state index in [1.165, 1.54) is 38.5 Å². The third kappa shape index (κ3) is 25.1. The first-order valence-electron chi connectivity index (χ1n) is 13.2.